The number of aryl methyl sites for hydroxylation is 2. The Labute approximate surface area is 134 Å². The van der Waals surface area contributed by atoms with Gasteiger partial charge in [-0.1, -0.05) is 52.3 Å². The van der Waals surface area contributed by atoms with Crippen molar-refractivity contribution in [2.45, 2.75) is 37.5 Å². The second kappa shape index (κ2) is 5.20. The van der Waals surface area contributed by atoms with Gasteiger partial charge in [0.1, 0.15) is 0 Å². The van der Waals surface area contributed by atoms with Crippen LogP contribution in [0.25, 0.3) is 0 Å². The Kier molecular flexibility index (Phi) is 3.68. The first-order chi connectivity index (χ1) is 9.54. The van der Waals surface area contributed by atoms with Gasteiger partial charge in [0, 0.05) is 9.89 Å². The van der Waals surface area contributed by atoms with Crippen LogP contribution in [0.3, 0.4) is 0 Å². The van der Waals surface area contributed by atoms with Gasteiger partial charge in [-0.25, -0.2) is 0 Å². The molecule has 104 valence electrons. The maximum absolute atomic E-state index is 6.91. The van der Waals surface area contributed by atoms with Crippen LogP contribution in [-0.2, 0) is 5.41 Å². The molecule has 0 spiro atoms. The molecule has 0 aromatic heterocycles. The molecule has 0 amide bonds. The molecule has 1 aliphatic carbocycles. The topological polar surface area (TPSA) is 0 Å². The molecule has 2 aromatic carbocycles. The van der Waals surface area contributed by atoms with Crippen LogP contribution in [0.4, 0.5) is 0 Å². The summed E-state index contributed by atoms with van der Waals surface area (Å²) in [5, 5.41) is 0.0525. The lowest BCUT2D eigenvalue weighted by Gasteiger charge is -2.24. The summed E-state index contributed by atoms with van der Waals surface area (Å²) < 4.78 is 1.16. The number of halogens is 2. The van der Waals surface area contributed by atoms with Crippen LogP contribution in [0.5, 0.6) is 0 Å². The fourth-order valence-electron chi connectivity index (χ4n) is 2.97. The van der Waals surface area contributed by atoms with E-state index in [4.69, 9.17) is 11.6 Å². The van der Waals surface area contributed by atoms with E-state index in [-0.39, 0.29) is 10.8 Å². The number of benzene rings is 2. The van der Waals surface area contributed by atoms with E-state index < -0.39 is 0 Å². The monoisotopic (exact) mass is 348 g/mol. The molecule has 1 unspecified atom stereocenters. The normalized spacial score (nSPS) is 17.8. The van der Waals surface area contributed by atoms with E-state index in [1.807, 2.05) is 0 Å². The number of hydrogen-bond acceptors (Lipinski definition) is 0. The Morgan fingerprint density at radius 2 is 1.70 bits per heavy atom. The molecule has 20 heavy (non-hydrogen) atoms. The van der Waals surface area contributed by atoms with Crippen LogP contribution in [-0.4, -0.2) is 0 Å². The average molecular weight is 350 g/mol. The Morgan fingerprint density at radius 3 is 2.30 bits per heavy atom. The van der Waals surface area contributed by atoms with Crippen molar-refractivity contribution in [2.75, 3.05) is 0 Å². The SMILES string of the molecule is Cc1cc(C(Cl)C2(c3ccccc3)CC2)c(C)cc1Br. The molecule has 1 atom stereocenters. The van der Waals surface area contributed by atoms with Crippen LogP contribution >= 0.6 is 27.5 Å². The summed E-state index contributed by atoms with van der Waals surface area (Å²) >= 11 is 10.5. The van der Waals surface area contributed by atoms with Crippen molar-refractivity contribution in [3.05, 3.63) is 69.2 Å². The fourth-order valence-corrected chi connectivity index (χ4v) is 4.00. The Bertz CT molecular complexity index is 629. The van der Waals surface area contributed by atoms with Crippen LogP contribution in [0.2, 0.25) is 0 Å². The minimum atomic E-state index is 0.0525. The van der Waals surface area contributed by atoms with Gasteiger partial charge >= 0.3 is 0 Å². The summed E-state index contributed by atoms with van der Waals surface area (Å²) in [6.45, 7) is 4.27. The van der Waals surface area contributed by atoms with Crippen LogP contribution in [0.15, 0.2) is 46.9 Å². The van der Waals surface area contributed by atoms with Gasteiger partial charge in [0.15, 0.2) is 0 Å². The van der Waals surface area contributed by atoms with E-state index in [2.05, 4.69) is 72.2 Å². The molecule has 1 saturated carbocycles. The third kappa shape index (κ3) is 2.31. The molecule has 0 aliphatic heterocycles. The lowest BCUT2D eigenvalue weighted by atomic mass is 9.86. The van der Waals surface area contributed by atoms with Gasteiger partial charge in [-0.15, -0.1) is 11.6 Å². The van der Waals surface area contributed by atoms with E-state index in [1.165, 1.54) is 35.1 Å². The van der Waals surface area contributed by atoms with E-state index in [9.17, 15) is 0 Å². The van der Waals surface area contributed by atoms with Gasteiger partial charge in [-0.05, 0) is 55.0 Å². The van der Waals surface area contributed by atoms with Gasteiger partial charge in [0.25, 0.3) is 0 Å². The summed E-state index contributed by atoms with van der Waals surface area (Å²) in [6, 6.07) is 15.1. The first kappa shape index (κ1) is 14.2. The molecule has 0 bridgehead atoms. The largest absolute Gasteiger partial charge is 0.117 e. The average Bonchev–Trinajstić information content (AvgIpc) is 3.25. The minimum absolute atomic E-state index is 0.0525. The lowest BCUT2D eigenvalue weighted by molar-refractivity contribution is 0.659. The Hall–Kier alpha value is -0.790. The predicted molar refractivity (Wildman–Crippen MR) is 89.6 cm³/mol. The summed E-state index contributed by atoms with van der Waals surface area (Å²) in [6.07, 6.45) is 2.36. The van der Waals surface area contributed by atoms with E-state index >= 15 is 0 Å². The van der Waals surface area contributed by atoms with E-state index in [1.54, 1.807) is 0 Å². The Morgan fingerprint density at radius 1 is 1.05 bits per heavy atom. The zero-order valence-corrected chi connectivity index (χ0v) is 14.1. The van der Waals surface area contributed by atoms with E-state index in [0.717, 1.165) is 4.47 Å². The van der Waals surface area contributed by atoms with Gasteiger partial charge in [-0.2, -0.15) is 0 Å². The fraction of sp³-hybridized carbons (Fsp3) is 0.333. The highest BCUT2D eigenvalue weighted by Gasteiger charge is 2.50. The smallest absolute Gasteiger partial charge is 0.0684 e. The quantitative estimate of drug-likeness (QED) is 0.589. The lowest BCUT2D eigenvalue weighted by Crippen LogP contribution is -2.15. The second-order valence-corrected chi connectivity index (χ2v) is 7.13. The highest BCUT2D eigenvalue weighted by Crippen LogP contribution is 2.59. The van der Waals surface area contributed by atoms with Gasteiger partial charge in [0.2, 0.25) is 0 Å². The summed E-state index contributed by atoms with van der Waals surface area (Å²) in [5.41, 5.74) is 5.30. The standard InChI is InChI=1S/C18H18BrCl/c1-12-11-16(19)13(2)10-15(12)17(20)18(8-9-18)14-6-4-3-5-7-14/h3-7,10-11,17H,8-9H2,1-2H3. The van der Waals surface area contributed by atoms with E-state index in [0.29, 0.717) is 0 Å². The Balaban J connectivity index is 2.01. The first-order valence-corrected chi connectivity index (χ1v) is 8.24. The molecule has 1 aliphatic rings. The van der Waals surface area contributed by atoms with Crippen molar-refractivity contribution in [3.63, 3.8) is 0 Å². The minimum Gasteiger partial charge on any atom is -0.117 e. The van der Waals surface area contributed by atoms with Crippen molar-refractivity contribution < 1.29 is 0 Å². The molecule has 1 fully saturated rings. The first-order valence-electron chi connectivity index (χ1n) is 7.01. The molecule has 0 saturated heterocycles. The third-order valence-electron chi connectivity index (χ3n) is 4.44. The van der Waals surface area contributed by atoms with Crippen molar-refractivity contribution in [2.24, 2.45) is 0 Å². The predicted octanol–water partition coefficient (Wildman–Crippen LogP) is 6.08. The van der Waals surface area contributed by atoms with Crippen LogP contribution in [0.1, 0.15) is 40.5 Å². The van der Waals surface area contributed by atoms with Crippen molar-refractivity contribution in [1.82, 2.24) is 0 Å². The molecular formula is C18H18BrCl. The molecule has 0 nitrogen and oxygen atoms in total. The van der Waals surface area contributed by atoms with Crippen LogP contribution in [0, 0.1) is 13.8 Å². The summed E-state index contributed by atoms with van der Waals surface area (Å²) in [5.74, 6) is 0. The third-order valence-corrected chi connectivity index (χ3v) is 5.95. The highest BCUT2D eigenvalue weighted by molar-refractivity contribution is 9.10. The number of rotatable bonds is 3. The number of hydrogen-bond donors (Lipinski definition) is 0. The molecule has 2 aromatic rings. The van der Waals surface area contributed by atoms with Gasteiger partial charge in [-0.3, -0.25) is 0 Å². The van der Waals surface area contributed by atoms with Gasteiger partial charge in [0.05, 0.1) is 5.38 Å². The maximum Gasteiger partial charge on any atom is 0.0684 e. The second-order valence-electron chi connectivity index (χ2n) is 5.84. The molecule has 0 heterocycles. The van der Waals surface area contributed by atoms with Crippen molar-refractivity contribution in [3.8, 4) is 0 Å². The summed E-state index contributed by atoms with van der Waals surface area (Å²) in [4.78, 5) is 0. The van der Waals surface area contributed by atoms with Crippen molar-refractivity contribution >= 4 is 27.5 Å². The van der Waals surface area contributed by atoms with Crippen LogP contribution < -0.4 is 0 Å². The van der Waals surface area contributed by atoms with Gasteiger partial charge < -0.3 is 0 Å². The highest BCUT2D eigenvalue weighted by atomic mass is 79.9. The zero-order chi connectivity index (χ0) is 14.3. The molecular weight excluding hydrogens is 332 g/mol. The molecule has 0 radical (unpaired) electrons. The summed E-state index contributed by atoms with van der Waals surface area (Å²) in [7, 11) is 0. The maximum atomic E-state index is 6.91. The molecule has 2 heteroatoms. The van der Waals surface area contributed by atoms with Crippen molar-refractivity contribution in [1.29, 1.82) is 0 Å². The molecule has 0 N–H and O–H groups in total. The molecule has 3 rings (SSSR count). The number of alkyl halides is 1. The zero-order valence-electron chi connectivity index (χ0n) is 11.8.